The van der Waals surface area contributed by atoms with E-state index in [0.717, 1.165) is 38.5 Å². The van der Waals surface area contributed by atoms with Crippen LogP contribution in [0.25, 0.3) is 5.43 Å². The number of sulfone groups is 2. The van der Waals surface area contributed by atoms with E-state index in [4.69, 9.17) is 0 Å². The van der Waals surface area contributed by atoms with E-state index >= 15 is 0 Å². The fourth-order valence-corrected chi connectivity index (χ4v) is 7.54. The van der Waals surface area contributed by atoms with Crippen molar-refractivity contribution in [2.24, 2.45) is 0 Å². The van der Waals surface area contributed by atoms with Gasteiger partial charge in [0.2, 0.25) is 9.84 Å². The van der Waals surface area contributed by atoms with Crippen LogP contribution in [0.1, 0.15) is 64.2 Å². The molecule has 2 N–H and O–H groups in total. The van der Waals surface area contributed by atoms with Crippen molar-refractivity contribution in [2.45, 2.75) is 74.7 Å². The third-order valence-electron chi connectivity index (χ3n) is 5.39. The lowest BCUT2D eigenvalue weighted by Crippen LogP contribution is -3.05. The molecule has 0 spiro atoms. The van der Waals surface area contributed by atoms with E-state index in [-0.39, 0.29) is 10.1 Å². The first-order chi connectivity index (χ1) is 11.8. The second-order valence-electron chi connectivity index (χ2n) is 7.08. The number of nitrogens with zero attached hydrogens (tertiary/aromatic N) is 1. The fourth-order valence-electron chi connectivity index (χ4n) is 3.90. The molecule has 142 valence electrons. The SMILES string of the molecule is O=S(=O)(C1=CC=C(S(=O)(=O)C2CCCCC2)[NH+](O)[N-]1)C1CCCCC1. The highest BCUT2D eigenvalue weighted by Gasteiger charge is 2.37. The number of quaternary nitrogens is 1. The summed E-state index contributed by atoms with van der Waals surface area (Å²) < 4.78 is 50.8. The Balaban J connectivity index is 1.84. The lowest BCUT2D eigenvalue weighted by Gasteiger charge is -2.34. The predicted octanol–water partition coefficient (Wildman–Crippen LogP) is 1.74. The summed E-state index contributed by atoms with van der Waals surface area (Å²) in [5.74, 6) is 0. The molecule has 1 heterocycles. The third kappa shape index (κ3) is 3.79. The zero-order valence-corrected chi connectivity index (χ0v) is 15.9. The van der Waals surface area contributed by atoms with Crippen molar-refractivity contribution >= 4 is 19.7 Å². The van der Waals surface area contributed by atoms with Crippen molar-refractivity contribution in [3.63, 3.8) is 0 Å². The largest absolute Gasteiger partial charge is 0.437 e. The predicted molar refractivity (Wildman–Crippen MR) is 93.9 cm³/mol. The minimum absolute atomic E-state index is 0.223. The van der Waals surface area contributed by atoms with Gasteiger partial charge < -0.3 is 5.43 Å². The minimum Gasteiger partial charge on any atom is -0.437 e. The molecule has 0 amide bonds. The van der Waals surface area contributed by atoms with Crippen LogP contribution in [0, 0.1) is 0 Å². The minimum atomic E-state index is -3.69. The van der Waals surface area contributed by atoms with Gasteiger partial charge in [0, 0.05) is 11.1 Å². The van der Waals surface area contributed by atoms with Gasteiger partial charge in [-0.05, 0) is 25.7 Å². The molecule has 3 rings (SSSR count). The van der Waals surface area contributed by atoms with E-state index in [9.17, 15) is 22.0 Å². The van der Waals surface area contributed by atoms with Gasteiger partial charge in [0.1, 0.15) is 0 Å². The highest BCUT2D eigenvalue weighted by Crippen LogP contribution is 2.31. The Hall–Kier alpha value is -0.900. The summed E-state index contributed by atoms with van der Waals surface area (Å²) >= 11 is 0. The molecule has 1 aliphatic heterocycles. The standard InChI is InChI=1S/C16H26N2O5S2/c19-18-16(25(22,23)14-9-5-2-6-10-14)12-11-15(17-18)24(20,21)13-7-3-1-4-8-13/h11-14,18-19H,1-10H2. The van der Waals surface area contributed by atoms with Gasteiger partial charge in [-0.1, -0.05) is 44.6 Å². The van der Waals surface area contributed by atoms with Crippen molar-refractivity contribution in [2.75, 3.05) is 0 Å². The molecular formula is C16H26N2O5S2. The van der Waals surface area contributed by atoms with Crippen LogP contribution in [0.2, 0.25) is 0 Å². The molecule has 0 aromatic carbocycles. The van der Waals surface area contributed by atoms with E-state index in [1.165, 1.54) is 12.2 Å². The number of allylic oxidation sites excluding steroid dienone is 2. The van der Waals surface area contributed by atoms with Crippen LogP contribution in [0.15, 0.2) is 22.2 Å². The molecule has 2 fully saturated rings. The topological polar surface area (TPSA) is 107 Å². The molecule has 0 aromatic heterocycles. The van der Waals surface area contributed by atoms with Crippen molar-refractivity contribution < 1.29 is 27.2 Å². The summed E-state index contributed by atoms with van der Waals surface area (Å²) in [7, 11) is -7.32. The van der Waals surface area contributed by atoms with Crippen LogP contribution >= 0.6 is 0 Å². The van der Waals surface area contributed by atoms with Crippen LogP contribution < -0.4 is 5.17 Å². The van der Waals surface area contributed by atoms with Crippen molar-refractivity contribution in [1.82, 2.24) is 0 Å². The normalized spacial score (nSPS) is 27.3. The third-order valence-corrected chi connectivity index (χ3v) is 9.83. The van der Waals surface area contributed by atoms with Gasteiger partial charge in [-0.3, -0.25) is 0 Å². The van der Waals surface area contributed by atoms with Crippen molar-refractivity contribution in [1.29, 1.82) is 0 Å². The summed E-state index contributed by atoms with van der Waals surface area (Å²) in [4.78, 5) is 0. The zero-order chi connectivity index (χ0) is 18.1. The van der Waals surface area contributed by atoms with E-state index in [2.05, 4.69) is 5.43 Å². The van der Waals surface area contributed by atoms with Gasteiger partial charge >= 0.3 is 0 Å². The average Bonchev–Trinajstić information content (AvgIpc) is 2.63. The number of hydrogen-bond donors (Lipinski definition) is 2. The second kappa shape index (κ2) is 7.38. The van der Waals surface area contributed by atoms with Crippen LogP contribution in [0.4, 0.5) is 0 Å². The Morgan fingerprint density at radius 2 is 1.28 bits per heavy atom. The molecule has 7 nitrogen and oxygen atoms in total. The first-order valence-corrected chi connectivity index (χ1v) is 12.1. The summed E-state index contributed by atoms with van der Waals surface area (Å²) in [5, 5.41) is 7.99. The van der Waals surface area contributed by atoms with Crippen LogP contribution in [0.3, 0.4) is 0 Å². The monoisotopic (exact) mass is 390 g/mol. The van der Waals surface area contributed by atoms with Crippen molar-refractivity contribution in [3.05, 3.63) is 27.6 Å². The van der Waals surface area contributed by atoms with E-state index in [0.29, 0.717) is 25.7 Å². The maximum Gasteiger partial charge on any atom is 0.250 e. The zero-order valence-electron chi connectivity index (χ0n) is 14.2. The molecule has 2 aliphatic carbocycles. The molecule has 0 bridgehead atoms. The van der Waals surface area contributed by atoms with Crippen molar-refractivity contribution in [3.8, 4) is 0 Å². The van der Waals surface area contributed by atoms with Gasteiger partial charge in [0.25, 0.3) is 5.03 Å². The Morgan fingerprint density at radius 3 is 1.76 bits per heavy atom. The first-order valence-electron chi connectivity index (χ1n) is 9.01. The van der Waals surface area contributed by atoms with Crippen LogP contribution in [-0.2, 0) is 19.7 Å². The second-order valence-corrected chi connectivity index (χ2v) is 11.5. The lowest BCUT2D eigenvalue weighted by molar-refractivity contribution is -1.02. The average molecular weight is 391 g/mol. The van der Waals surface area contributed by atoms with Crippen LogP contribution in [0.5, 0.6) is 0 Å². The molecular weight excluding hydrogens is 364 g/mol. The number of rotatable bonds is 4. The molecule has 9 heteroatoms. The van der Waals surface area contributed by atoms with E-state index in [1.807, 2.05) is 0 Å². The van der Waals surface area contributed by atoms with Crippen LogP contribution in [-0.4, -0.2) is 32.5 Å². The highest BCUT2D eigenvalue weighted by molar-refractivity contribution is 7.96. The van der Waals surface area contributed by atoms with Gasteiger partial charge in [-0.2, -0.15) is 5.17 Å². The summed E-state index contributed by atoms with van der Waals surface area (Å²) in [6, 6.07) is 0. The summed E-state index contributed by atoms with van der Waals surface area (Å²) in [5.41, 5.74) is 3.77. The number of nitrogens with one attached hydrogen (secondary N) is 1. The molecule has 1 atom stereocenters. The molecule has 1 unspecified atom stereocenters. The Labute approximate surface area is 149 Å². The Morgan fingerprint density at radius 1 is 0.800 bits per heavy atom. The Kier molecular flexibility index (Phi) is 5.57. The molecule has 0 radical (unpaired) electrons. The van der Waals surface area contributed by atoms with Gasteiger partial charge in [0.15, 0.2) is 9.84 Å². The summed E-state index contributed by atoms with van der Waals surface area (Å²) in [6.07, 6.45) is 10.3. The van der Waals surface area contributed by atoms with E-state index < -0.39 is 35.3 Å². The Bertz CT molecular complexity index is 758. The lowest BCUT2D eigenvalue weighted by atomic mass is 10.0. The van der Waals surface area contributed by atoms with E-state index in [1.54, 1.807) is 0 Å². The fraction of sp³-hybridized carbons (Fsp3) is 0.750. The highest BCUT2D eigenvalue weighted by atomic mass is 32.2. The molecule has 0 aromatic rings. The number of hydrogen-bond acceptors (Lipinski definition) is 5. The molecule has 3 aliphatic rings. The molecule has 2 saturated carbocycles. The molecule has 0 saturated heterocycles. The maximum absolute atomic E-state index is 12.7. The van der Waals surface area contributed by atoms with Gasteiger partial charge in [0.05, 0.1) is 10.5 Å². The van der Waals surface area contributed by atoms with Gasteiger partial charge in [-0.15, -0.1) is 0 Å². The summed E-state index contributed by atoms with van der Waals surface area (Å²) in [6.45, 7) is 0. The number of hydroxylamine groups is 1. The van der Waals surface area contributed by atoms with Gasteiger partial charge in [-0.25, -0.2) is 22.0 Å². The smallest absolute Gasteiger partial charge is 0.250 e. The first kappa shape index (κ1) is 18.9. The maximum atomic E-state index is 12.7. The molecule has 25 heavy (non-hydrogen) atoms. The quantitative estimate of drug-likeness (QED) is 0.760.